The van der Waals surface area contributed by atoms with Crippen molar-refractivity contribution in [2.24, 2.45) is 0 Å². The Bertz CT molecular complexity index is 346. The fourth-order valence-electron chi connectivity index (χ4n) is 3.18. The van der Waals surface area contributed by atoms with Crippen molar-refractivity contribution in [3.05, 3.63) is 30.3 Å². The van der Waals surface area contributed by atoms with Crippen molar-refractivity contribution in [3.8, 4) is 0 Å². The van der Waals surface area contributed by atoms with E-state index in [0.717, 1.165) is 0 Å². The molecule has 1 aromatic rings. The predicted octanol–water partition coefficient (Wildman–Crippen LogP) is 7.58. The highest BCUT2D eigenvalue weighted by Crippen LogP contribution is 2.14. The van der Waals surface area contributed by atoms with Crippen molar-refractivity contribution in [3.63, 3.8) is 0 Å². The van der Waals surface area contributed by atoms with E-state index in [1.807, 2.05) is 0 Å². The minimum Gasteiger partial charge on any atom is -0.383 e. The van der Waals surface area contributed by atoms with Crippen LogP contribution in [0.15, 0.2) is 30.3 Å². The molecule has 0 aliphatic carbocycles. The van der Waals surface area contributed by atoms with Gasteiger partial charge in [0, 0.05) is 11.7 Å². The highest BCUT2D eigenvalue weighted by molar-refractivity contribution is 5.43. The second-order valence-electron chi connectivity index (χ2n) is 7.09. The molecule has 0 aliphatic rings. The Kier molecular flexibility index (Phi) is 12.7. The van der Waals surface area contributed by atoms with Gasteiger partial charge in [0.2, 0.25) is 0 Å². The summed E-state index contributed by atoms with van der Waals surface area (Å²) in [5, 5.41) is 3.58. The van der Waals surface area contributed by atoms with E-state index in [1.54, 1.807) is 0 Å². The van der Waals surface area contributed by atoms with Crippen molar-refractivity contribution in [1.82, 2.24) is 0 Å². The first kappa shape index (κ1) is 20.1. The number of benzene rings is 1. The molecule has 1 atom stereocenters. The molecule has 0 spiro atoms. The Balaban J connectivity index is 1.82. The third kappa shape index (κ3) is 12.1. The van der Waals surface area contributed by atoms with E-state index in [4.69, 9.17) is 0 Å². The van der Waals surface area contributed by atoms with Gasteiger partial charge < -0.3 is 5.32 Å². The van der Waals surface area contributed by atoms with Crippen LogP contribution in [0.1, 0.15) is 97.3 Å². The zero-order valence-electron chi connectivity index (χ0n) is 15.7. The summed E-state index contributed by atoms with van der Waals surface area (Å²) < 4.78 is 0. The van der Waals surface area contributed by atoms with Crippen molar-refractivity contribution >= 4 is 5.69 Å². The van der Waals surface area contributed by atoms with E-state index >= 15 is 0 Å². The summed E-state index contributed by atoms with van der Waals surface area (Å²) in [6.45, 7) is 4.59. The van der Waals surface area contributed by atoms with E-state index < -0.39 is 0 Å². The second-order valence-corrected chi connectivity index (χ2v) is 7.09. The van der Waals surface area contributed by atoms with E-state index in [-0.39, 0.29) is 0 Å². The first-order valence-corrected chi connectivity index (χ1v) is 10.1. The van der Waals surface area contributed by atoms with E-state index in [1.165, 1.54) is 89.2 Å². The van der Waals surface area contributed by atoms with Crippen LogP contribution in [-0.2, 0) is 0 Å². The molecule has 0 radical (unpaired) electrons. The highest BCUT2D eigenvalue weighted by atomic mass is 14.9. The largest absolute Gasteiger partial charge is 0.383 e. The third-order valence-electron chi connectivity index (χ3n) is 4.68. The molecule has 0 saturated heterocycles. The van der Waals surface area contributed by atoms with Crippen LogP contribution in [0.25, 0.3) is 0 Å². The predicted molar refractivity (Wildman–Crippen MR) is 105 cm³/mol. The molecule has 0 saturated carbocycles. The van der Waals surface area contributed by atoms with Gasteiger partial charge in [0.05, 0.1) is 0 Å². The molecular formula is C22H39N. The van der Waals surface area contributed by atoms with Crippen LogP contribution < -0.4 is 5.32 Å². The lowest BCUT2D eigenvalue weighted by Crippen LogP contribution is -2.14. The molecule has 1 heteroatoms. The minimum absolute atomic E-state index is 0.584. The van der Waals surface area contributed by atoms with Gasteiger partial charge in [0.25, 0.3) is 0 Å². The van der Waals surface area contributed by atoms with E-state index in [0.29, 0.717) is 6.04 Å². The van der Waals surface area contributed by atoms with Crippen molar-refractivity contribution in [1.29, 1.82) is 0 Å². The second kappa shape index (κ2) is 14.6. The Morgan fingerprint density at radius 1 is 0.696 bits per heavy atom. The Morgan fingerprint density at radius 3 is 1.70 bits per heavy atom. The standard InChI is InChI=1S/C22H39N/c1-3-4-5-6-7-8-9-10-11-12-13-15-18-21(2)23-22-19-16-14-17-20-22/h14,16-17,19-21,23H,3-13,15,18H2,1-2H3. The lowest BCUT2D eigenvalue weighted by molar-refractivity contribution is 0.532. The van der Waals surface area contributed by atoms with Crippen LogP contribution >= 0.6 is 0 Å². The topological polar surface area (TPSA) is 12.0 Å². The van der Waals surface area contributed by atoms with Gasteiger partial charge in [-0.15, -0.1) is 0 Å². The average molecular weight is 318 g/mol. The van der Waals surface area contributed by atoms with Crippen LogP contribution in [-0.4, -0.2) is 6.04 Å². The van der Waals surface area contributed by atoms with Crippen LogP contribution in [0, 0.1) is 0 Å². The highest BCUT2D eigenvalue weighted by Gasteiger charge is 2.01. The fourth-order valence-corrected chi connectivity index (χ4v) is 3.18. The van der Waals surface area contributed by atoms with E-state index in [2.05, 4.69) is 49.5 Å². The maximum Gasteiger partial charge on any atom is 0.0342 e. The van der Waals surface area contributed by atoms with Crippen LogP contribution in [0.3, 0.4) is 0 Å². The summed E-state index contributed by atoms with van der Waals surface area (Å²) in [7, 11) is 0. The molecule has 1 unspecified atom stereocenters. The van der Waals surface area contributed by atoms with Gasteiger partial charge >= 0.3 is 0 Å². The van der Waals surface area contributed by atoms with Crippen LogP contribution in [0.4, 0.5) is 5.69 Å². The van der Waals surface area contributed by atoms with Crippen molar-refractivity contribution < 1.29 is 0 Å². The van der Waals surface area contributed by atoms with Gasteiger partial charge in [-0.1, -0.05) is 102 Å². The Hall–Kier alpha value is -0.980. The monoisotopic (exact) mass is 317 g/mol. The normalized spacial score (nSPS) is 12.3. The summed E-state index contributed by atoms with van der Waals surface area (Å²) >= 11 is 0. The lowest BCUT2D eigenvalue weighted by Gasteiger charge is -2.15. The molecule has 1 nitrogen and oxygen atoms in total. The fraction of sp³-hybridized carbons (Fsp3) is 0.727. The number of hydrogen-bond donors (Lipinski definition) is 1. The quantitative estimate of drug-likeness (QED) is 0.329. The van der Waals surface area contributed by atoms with Crippen molar-refractivity contribution in [2.75, 3.05) is 5.32 Å². The minimum atomic E-state index is 0.584. The van der Waals surface area contributed by atoms with Crippen molar-refractivity contribution in [2.45, 2.75) is 103 Å². The molecule has 132 valence electrons. The molecule has 1 N–H and O–H groups in total. The van der Waals surface area contributed by atoms with Gasteiger partial charge in [-0.3, -0.25) is 0 Å². The summed E-state index contributed by atoms with van der Waals surface area (Å²) in [4.78, 5) is 0. The third-order valence-corrected chi connectivity index (χ3v) is 4.68. The van der Waals surface area contributed by atoms with E-state index in [9.17, 15) is 0 Å². The molecule has 1 aromatic carbocycles. The van der Waals surface area contributed by atoms with Gasteiger partial charge in [0.1, 0.15) is 0 Å². The SMILES string of the molecule is CCCCCCCCCCCCCCC(C)Nc1ccccc1. The number of anilines is 1. The van der Waals surface area contributed by atoms with Crippen LogP contribution in [0.2, 0.25) is 0 Å². The molecule has 0 aliphatic heterocycles. The number of rotatable bonds is 15. The maximum absolute atomic E-state index is 3.58. The first-order chi connectivity index (χ1) is 11.3. The van der Waals surface area contributed by atoms with Gasteiger partial charge in [-0.25, -0.2) is 0 Å². The summed E-state index contributed by atoms with van der Waals surface area (Å²) in [5.41, 5.74) is 1.25. The number of nitrogens with one attached hydrogen (secondary N) is 1. The molecule has 0 fully saturated rings. The van der Waals surface area contributed by atoms with Gasteiger partial charge in [-0.2, -0.15) is 0 Å². The lowest BCUT2D eigenvalue weighted by atomic mass is 10.0. The number of hydrogen-bond acceptors (Lipinski definition) is 1. The Morgan fingerprint density at radius 2 is 1.17 bits per heavy atom. The Labute approximate surface area is 145 Å². The molecule has 23 heavy (non-hydrogen) atoms. The maximum atomic E-state index is 3.58. The summed E-state index contributed by atoms with van der Waals surface area (Å²) in [6, 6.07) is 11.1. The molecule has 0 aromatic heterocycles. The smallest absolute Gasteiger partial charge is 0.0342 e. The zero-order chi connectivity index (χ0) is 16.6. The summed E-state index contributed by atoms with van der Waals surface area (Å²) in [5.74, 6) is 0. The molecule has 0 bridgehead atoms. The molecule has 0 amide bonds. The molecular weight excluding hydrogens is 278 g/mol. The van der Waals surface area contributed by atoms with Gasteiger partial charge in [0.15, 0.2) is 0 Å². The first-order valence-electron chi connectivity index (χ1n) is 10.1. The van der Waals surface area contributed by atoms with Gasteiger partial charge in [-0.05, 0) is 25.5 Å². The summed E-state index contributed by atoms with van der Waals surface area (Å²) in [6.07, 6.45) is 18.4. The molecule has 1 rings (SSSR count). The number of para-hydroxylation sites is 1. The number of unbranched alkanes of at least 4 members (excludes halogenated alkanes) is 11. The zero-order valence-corrected chi connectivity index (χ0v) is 15.7. The molecule has 0 heterocycles. The average Bonchev–Trinajstić information content (AvgIpc) is 2.57. The van der Waals surface area contributed by atoms with Crippen LogP contribution in [0.5, 0.6) is 0 Å².